The van der Waals surface area contributed by atoms with Gasteiger partial charge >= 0.3 is 0 Å². The monoisotopic (exact) mass is 444 g/mol. The zero-order valence-electron chi connectivity index (χ0n) is 21.5. The predicted molar refractivity (Wildman–Crippen MR) is 148 cm³/mol. The zero-order valence-corrected chi connectivity index (χ0v) is 21.5. The molecule has 0 unspecified atom stereocenters. The van der Waals surface area contributed by atoms with Gasteiger partial charge in [0.05, 0.1) is 0 Å². The van der Waals surface area contributed by atoms with Crippen molar-refractivity contribution < 1.29 is 0 Å². The first kappa shape index (κ1) is 22.7. The summed E-state index contributed by atoms with van der Waals surface area (Å²) < 4.78 is 0. The Labute approximate surface area is 205 Å². The van der Waals surface area contributed by atoms with Gasteiger partial charge in [0.15, 0.2) is 0 Å². The Morgan fingerprint density at radius 1 is 0.618 bits per heavy atom. The summed E-state index contributed by atoms with van der Waals surface area (Å²) in [6.07, 6.45) is 2.28. The topological polar surface area (TPSA) is 0 Å². The molecule has 0 fully saturated rings. The highest BCUT2D eigenvalue weighted by Crippen LogP contribution is 2.50. The van der Waals surface area contributed by atoms with Crippen LogP contribution in [0, 0.1) is 0 Å². The molecule has 0 saturated heterocycles. The molecule has 0 nitrogen and oxygen atoms in total. The third-order valence-corrected chi connectivity index (χ3v) is 7.61. The summed E-state index contributed by atoms with van der Waals surface area (Å²) >= 11 is 0. The van der Waals surface area contributed by atoms with Crippen molar-refractivity contribution in [2.24, 2.45) is 0 Å². The average Bonchev–Trinajstić information content (AvgIpc) is 3.05. The molecule has 34 heavy (non-hydrogen) atoms. The predicted octanol–water partition coefficient (Wildman–Crippen LogP) is 9.58. The Morgan fingerprint density at radius 2 is 1.29 bits per heavy atom. The normalized spacial score (nSPS) is 14.1. The van der Waals surface area contributed by atoms with Crippen LogP contribution in [0.2, 0.25) is 0 Å². The summed E-state index contributed by atoms with van der Waals surface area (Å²) in [7, 11) is 0. The summed E-state index contributed by atoms with van der Waals surface area (Å²) in [5.74, 6) is 0. The molecule has 0 heteroatoms. The van der Waals surface area contributed by atoms with E-state index in [9.17, 15) is 0 Å². The number of aryl methyl sites for hydroxylation is 1. The fourth-order valence-corrected chi connectivity index (χ4v) is 5.55. The largest absolute Gasteiger partial charge is 0.0651 e. The maximum atomic E-state index is 2.43. The molecule has 0 radical (unpaired) electrons. The number of rotatable bonds is 4. The minimum absolute atomic E-state index is 0.00645. The quantitative estimate of drug-likeness (QED) is 0.294. The molecule has 0 aromatic heterocycles. The molecule has 5 rings (SSSR count). The number of benzene rings is 4. The van der Waals surface area contributed by atoms with Crippen LogP contribution in [0.25, 0.3) is 33.4 Å². The van der Waals surface area contributed by atoms with E-state index in [1.54, 1.807) is 0 Å². The second-order valence-electron chi connectivity index (χ2n) is 11.4. The highest BCUT2D eigenvalue weighted by molar-refractivity contribution is 5.86. The summed E-state index contributed by atoms with van der Waals surface area (Å²) in [6, 6.07) is 32.2. The molecule has 0 atom stereocenters. The van der Waals surface area contributed by atoms with E-state index in [0.717, 1.165) is 12.8 Å². The molecule has 0 heterocycles. The van der Waals surface area contributed by atoms with Crippen molar-refractivity contribution in [1.29, 1.82) is 0 Å². The van der Waals surface area contributed by atoms with Gasteiger partial charge in [-0.1, -0.05) is 121 Å². The third kappa shape index (κ3) is 3.80. The first-order chi connectivity index (χ1) is 16.2. The molecule has 172 valence electrons. The lowest BCUT2D eigenvalue weighted by Gasteiger charge is -2.22. The van der Waals surface area contributed by atoms with Gasteiger partial charge in [-0.05, 0) is 79.6 Å². The maximum Gasteiger partial charge on any atom is 0.0159 e. The summed E-state index contributed by atoms with van der Waals surface area (Å²) in [5, 5.41) is 0. The Hall–Kier alpha value is -3.12. The van der Waals surface area contributed by atoms with Gasteiger partial charge in [0, 0.05) is 5.41 Å². The molecular weight excluding hydrogens is 408 g/mol. The van der Waals surface area contributed by atoms with E-state index >= 15 is 0 Å². The van der Waals surface area contributed by atoms with Crippen LogP contribution in [-0.2, 0) is 17.3 Å². The van der Waals surface area contributed by atoms with Crippen LogP contribution in [0.1, 0.15) is 70.2 Å². The molecule has 0 saturated carbocycles. The van der Waals surface area contributed by atoms with Crippen molar-refractivity contribution in [3.05, 3.63) is 107 Å². The molecule has 1 aliphatic carbocycles. The first-order valence-corrected chi connectivity index (χ1v) is 12.7. The fraction of sp³-hybridized carbons (Fsp3) is 0.294. The number of hydrogen-bond donors (Lipinski definition) is 0. The van der Waals surface area contributed by atoms with E-state index in [1.807, 2.05) is 0 Å². The van der Waals surface area contributed by atoms with E-state index < -0.39 is 0 Å². The molecule has 0 bridgehead atoms. The van der Waals surface area contributed by atoms with Crippen molar-refractivity contribution in [3.8, 4) is 33.4 Å². The Kier molecular flexibility index (Phi) is 5.52. The lowest BCUT2D eigenvalue weighted by Crippen LogP contribution is -2.15. The van der Waals surface area contributed by atoms with Gasteiger partial charge in [-0.25, -0.2) is 0 Å². The number of fused-ring (bicyclic) bond motifs is 3. The average molecular weight is 445 g/mol. The number of hydrogen-bond acceptors (Lipinski definition) is 0. The van der Waals surface area contributed by atoms with Crippen molar-refractivity contribution in [1.82, 2.24) is 0 Å². The highest BCUT2D eigenvalue weighted by atomic mass is 14.4. The molecule has 0 aliphatic heterocycles. The van der Waals surface area contributed by atoms with Crippen LogP contribution in [0.4, 0.5) is 0 Å². The molecule has 0 spiro atoms. The van der Waals surface area contributed by atoms with E-state index in [0.29, 0.717) is 0 Å². The van der Waals surface area contributed by atoms with Crippen molar-refractivity contribution in [2.45, 2.75) is 65.2 Å². The van der Waals surface area contributed by atoms with Crippen LogP contribution in [0.5, 0.6) is 0 Å². The second-order valence-corrected chi connectivity index (χ2v) is 11.4. The second kappa shape index (κ2) is 8.27. The van der Waals surface area contributed by atoms with Crippen LogP contribution in [-0.4, -0.2) is 0 Å². The minimum atomic E-state index is -0.00645. The minimum Gasteiger partial charge on any atom is -0.0651 e. The smallest absolute Gasteiger partial charge is 0.0159 e. The molecule has 1 aliphatic rings. The standard InChI is InChI=1S/C34H36/c1-7-10-24-11-8-9-12-28(24)26-16-20-31-30(21-26)29-19-15-25(22-32(29)34(31,5)6)23-13-17-27(18-14-23)33(2,3)4/h8-9,11-22H,7,10H2,1-6H3. The lowest BCUT2D eigenvalue weighted by molar-refractivity contribution is 0.590. The Morgan fingerprint density at radius 3 is 2.00 bits per heavy atom. The van der Waals surface area contributed by atoms with Crippen LogP contribution in [0.15, 0.2) is 84.9 Å². The summed E-state index contributed by atoms with van der Waals surface area (Å²) in [4.78, 5) is 0. The van der Waals surface area contributed by atoms with Gasteiger partial charge in [0.25, 0.3) is 0 Å². The van der Waals surface area contributed by atoms with Gasteiger partial charge in [0.2, 0.25) is 0 Å². The van der Waals surface area contributed by atoms with Gasteiger partial charge in [-0.2, -0.15) is 0 Å². The van der Waals surface area contributed by atoms with Crippen molar-refractivity contribution in [2.75, 3.05) is 0 Å². The SMILES string of the molecule is CCCc1ccccc1-c1ccc2c(c1)-c1ccc(-c3ccc(C(C)(C)C)cc3)cc1C2(C)C. The summed E-state index contributed by atoms with van der Waals surface area (Å²) in [6.45, 7) is 13.8. The molecule has 4 aromatic rings. The van der Waals surface area contributed by atoms with E-state index in [-0.39, 0.29) is 10.8 Å². The fourth-order valence-electron chi connectivity index (χ4n) is 5.55. The van der Waals surface area contributed by atoms with Crippen LogP contribution < -0.4 is 0 Å². The lowest BCUT2D eigenvalue weighted by atomic mass is 9.81. The Balaban J connectivity index is 1.58. The first-order valence-electron chi connectivity index (χ1n) is 12.7. The van der Waals surface area contributed by atoms with E-state index in [4.69, 9.17) is 0 Å². The summed E-state index contributed by atoms with van der Waals surface area (Å²) in [5.41, 5.74) is 13.9. The van der Waals surface area contributed by atoms with Gasteiger partial charge in [-0.3, -0.25) is 0 Å². The third-order valence-electron chi connectivity index (χ3n) is 7.61. The molecular formula is C34H36. The zero-order chi connectivity index (χ0) is 24.1. The van der Waals surface area contributed by atoms with E-state index in [1.165, 1.54) is 55.6 Å². The van der Waals surface area contributed by atoms with Crippen molar-refractivity contribution in [3.63, 3.8) is 0 Å². The van der Waals surface area contributed by atoms with E-state index in [2.05, 4.69) is 126 Å². The van der Waals surface area contributed by atoms with Crippen molar-refractivity contribution >= 4 is 0 Å². The maximum absolute atomic E-state index is 2.43. The highest BCUT2D eigenvalue weighted by Gasteiger charge is 2.35. The van der Waals surface area contributed by atoms with Gasteiger partial charge in [0.1, 0.15) is 0 Å². The van der Waals surface area contributed by atoms with Gasteiger partial charge < -0.3 is 0 Å². The van der Waals surface area contributed by atoms with Crippen LogP contribution >= 0.6 is 0 Å². The molecule has 4 aromatic carbocycles. The molecule has 0 N–H and O–H groups in total. The van der Waals surface area contributed by atoms with Crippen LogP contribution in [0.3, 0.4) is 0 Å². The molecule has 0 amide bonds. The Bertz CT molecular complexity index is 1340. The van der Waals surface area contributed by atoms with Gasteiger partial charge in [-0.15, -0.1) is 0 Å².